The van der Waals surface area contributed by atoms with Crippen molar-refractivity contribution in [3.63, 3.8) is 0 Å². The van der Waals surface area contributed by atoms with E-state index < -0.39 is 28.0 Å². The molecule has 31 heavy (non-hydrogen) atoms. The number of halogens is 2. The minimum absolute atomic E-state index is 0.193. The number of thiol groups is 1. The Kier molecular flexibility index (Phi) is 6.81. The summed E-state index contributed by atoms with van der Waals surface area (Å²) in [6.07, 6.45) is 3.38. The lowest BCUT2D eigenvalue weighted by Crippen LogP contribution is -2.16. The number of benzene rings is 2. The van der Waals surface area contributed by atoms with E-state index in [9.17, 15) is 22.9 Å². The molecule has 8 heteroatoms. The van der Waals surface area contributed by atoms with Crippen LogP contribution in [0.2, 0.25) is 0 Å². The molecule has 2 N–H and O–H groups in total. The first-order valence-electron chi connectivity index (χ1n) is 10.4. The molecular weight excluding hydrogens is 422 g/mol. The van der Waals surface area contributed by atoms with Crippen LogP contribution >= 0.6 is 0 Å². The minimum atomic E-state index is -2.68. The summed E-state index contributed by atoms with van der Waals surface area (Å²) < 4.78 is 45.4. The highest BCUT2D eigenvalue weighted by molar-refractivity contribution is 7.75. The summed E-state index contributed by atoms with van der Waals surface area (Å²) in [5.74, 6) is -0.997. The summed E-state index contributed by atoms with van der Waals surface area (Å²) in [4.78, 5) is 12.3. The van der Waals surface area contributed by atoms with Gasteiger partial charge in [0.1, 0.15) is 11.6 Å². The number of carbonyl (C=O) groups is 1. The molecule has 1 atom stereocenters. The number of carbonyl (C=O) groups excluding carboxylic acids is 1. The maximum absolute atomic E-state index is 14.9. The zero-order valence-electron chi connectivity index (χ0n) is 18.2. The second-order valence-corrected chi connectivity index (χ2v) is 9.61. The van der Waals surface area contributed by atoms with E-state index in [0.717, 1.165) is 24.5 Å². The standard InChI is InChI=1S/C23H28F2N2O3S/c1-5-7-15-13(2)21(17-9-6-8-16(17)20(15)25)26-22(28)27-31(30)19-11-10-14(12-18(19)24)23(3,4)29/h10-12,29,31H,5-9H2,1-4H3,(H,26,28). The van der Waals surface area contributed by atoms with E-state index in [1.165, 1.54) is 26.0 Å². The van der Waals surface area contributed by atoms with Gasteiger partial charge in [-0.15, -0.1) is 4.36 Å². The summed E-state index contributed by atoms with van der Waals surface area (Å²) in [7, 11) is -2.68. The van der Waals surface area contributed by atoms with Crippen molar-refractivity contribution < 1.29 is 22.9 Å². The normalized spacial score (nSPS) is 14.5. The fourth-order valence-corrected chi connectivity index (χ4v) is 4.79. The van der Waals surface area contributed by atoms with Crippen molar-refractivity contribution in [1.82, 2.24) is 0 Å². The third kappa shape index (κ3) is 4.80. The van der Waals surface area contributed by atoms with E-state index in [4.69, 9.17) is 0 Å². The molecule has 0 bridgehead atoms. The number of anilines is 1. The molecule has 0 spiro atoms. The molecule has 0 radical (unpaired) electrons. The van der Waals surface area contributed by atoms with Crippen molar-refractivity contribution in [2.75, 3.05) is 5.32 Å². The monoisotopic (exact) mass is 450 g/mol. The van der Waals surface area contributed by atoms with Gasteiger partial charge in [-0.2, -0.15) is 0 Å². The molecule has 0 saturated carbocycles. The van der Waals surface area contributed by atoms with Gasteiger partial charge in [0.15, 0.2) is 0 Å². The predicted octanol–water partition coefficient (Wildman–Crippen LogP) is 5.20. The Morgan fingerprint density at radius 1 is 1.26 bits per heavy atom. The average molecular weight is 451 g/mol. The van der Waals surface area contributed by atoms with Gasteiger partial charge >= 0.3 is 6.03 Å². The van der Waals surface area contributed by atoms with Crippen LogP contribution in [0.25, 0.3) is 0 Å². The quantitative estimate of drug-likeness (QED) is 0.548. The highest BCUT2D eigenvalue weighted by Crippen LogP contribution is 2.37. The topological polar surface area (TPSA) is 78.8 Å². The first-order valence-corrected chi connectivity index (χ1v) is 11.6. The molecule has 0 heterocycles. The van der Waals surface area contributed by atoms with Gasteiger partial charge in [-0.25, -0.2) is 17.8 Å². The summed E-state index contributed by atoms with van der Waals surface area (Å²) in [6, 6.07) is 2.94. The molecule has 3 rings (SSSR count). The van der Waals surface area contributed by atoms with Gasteiger partial charge in [0, 0.05) is 5.69 Å². The number of amides is 2. The molecule has 0 saturated heterocycles. The number of hydrogen-bond acceptors (Lipinski definition) is 3. The van der Waals surface area contributed by atoms with E-state index in [0.29, 0.717) is 47.2 Å². The van der Waals surface area contributed by atoms with Crippen molar-refractivity contribution in [3.8, 4) is 0 Å². The van der Waals surface area contributed by atoms with Crippen molar-refractivity contribution in [2.24, 2.45) is 4.36 Å². The Hall–Kier alpha value is -2.32. The molecular formula is C23H28F2N2O3S. The van der Waals surface area contributed by atoms with E-state index in [2.05, 4.69) is 9.68 Å². The van der Waals surface area contributed by atoms with Crippen LogP contribution in [0.15, 0.2) is 27.5 Å². The lowest BCUT2D eigenvalue weighted by atomic mass is 9.94. The molecule has 0 fully saturated rings. The van der Waals surface area contributed by atoms with Crippen LogP contribution in [0, 0.1) is 18.6 Å². The van der Waals surface area contributed by atoms with Gasteiger partial charge in [0.25, 0.3) is 0 Å². The predicted molar refractivity (Wildman–Crippen MR) is 118 cm³/mol. The number of hydrogen-bond donors (Lipinski definition) is 3. The number of fused-ring (bicyclic) bond motifs is 1. The van der Waals surface area contributed by atoms with Crippen molar-refractivity contribution >= 4 is 22.3 Å². The summed E-state index contributed by atoms with van der Waals surface area (Å²) in [5, 5.41) is 12.7. The van der Waals surface area contributed by atoms with Gasteiger partial charge in [0.2, 0.25) is 0 Å². The Bertz CT molecular complexity index is 1120. The van der Waals surface area contributed by atoms with Crippen molar-refractivity contribution in [2.45, 2.75) is 70.3 Å². The molecule has 2 aromatic rings. The average Bonchev–Trinajstić information content (AvgIpc) is 3.17. The SMILES string of the molecule is CCCc1c(C)c(NC(=O)/N=[SH](=O)\c2ccc(C(C)(C)O)cc2F)c2c(c1F)CCC2. The number of aliphatic hydroxyl groups is 1. The Morgan fingerprint density at radius 3 is 2.55 bits per heavy atom. The Morgan fingerprint density at radius 2 is 1.94 bits per heavy atom. The molecule has 2 amide bonds. The molecule has 168 valence electrons. The molecule has 1 aliphatic carbocycles. The largest absolute Gasteiger partial charge is 0.386 e. The fraction of sp³-hybridized carbons (Fsp3) is 0.435. The van der Waals surface area contributed by atoms with Crippen LogP contribution in [0.3, 0.4) is 0 Å². The maximum atomic E-state index is 14.9. The molecule has 1 aliphatic rings. The first kappa shape index (κ1) is 23.3. The summed E-state index contributed by atoms with van der Waals surface area (Å²) in [5.41, 5.74) is 2.21. The summed E-state index contributed by atoms with van der Waals surface area (Å²) >= 11 is 0. The van der Waals surface area contributed by atoms with E-state index in [1.807, 2.05) is 6.92 Å². The molecule has 1 unspecified atom stereocenters. The Labute approximate surface area is 183 Å². The maximum Gasteiger partial charge on any atom is 0.353 e. The lowest BCUT2D eigenvalue weighted by molar-refractivity contribution is 0.0781. The number of urea groups is 1. The van der Waals surface area contributed by atoms with E-state index in [-0.39, 0.29) is 10.7 Å². The first-order chi connectivity index (χ1) is 14.5. The van der Waals surface area contributed by atoms with Gasteiger partial charge < -0.3 is 10.4 Å². The van der Waals surface area contributed by atoms with Crippen molar-refractivity contribution in [3.05, 3.63) is 57.7 Å². The van der Waals surface area contributed by atoms with E-state index >= 15 is 0 Å². The van der Waals surface area contributed by atoms with Gasteiger partial charge in [-0.3, -0.25) is 0 Å². The van der Waals surface area contributed by atoms with Crippen LogP contribution in [0.1, 0.15) is 61.4 Å². The molecule has 5 nitrogen and oxygen atoms in total. The van der Waals surface area contributed by atoms with E-state index in [1.54, 1.807) is 6.92 Å². The number of nitrogens with one attached hydrogen (secondary N) is 1. The van der Waals surface area contributed by atoms with Crippen LogP contribution in [-0.2, 0) is 35.5 Å². The van der Waals surface area contributed by atoms with Gasteiger partial charge in [-0.1, -0.05) is 19.4 Å². The lowest BCUT2D eigenvalue weighted by Gasteiger charge is -2.18. The zero-order valence-corrected chi connectivity index (χ0v) is 19.1. The third-order valence-corrected chi connectivity index (χ3v) is 6.79. The molecule has 2 aromatic carbocycles. The second-order valence-electron chi connectivity index (χ2n) is 8.38. The van der Waals surface area contributed by atoms with Crippen molar-refractivity contribution in [1.29, 1.82) is 0 Å². The minimum Gasteiger partial charge on any atom is -0.386 e. The number of nitrogens with zero attached hydrogens (tertiary/aromatic N) is 1. The van der Waals surface area contributed by atoms with Crippen LogP contribution in [0.5, 0.6) is 0 Å². The third-order valence-electron chi connectivity index (χ3n) is 5.65. The fourth-order valence-electron chi connectivity index (χ4n) is 4.01. The van der Waals surface area contributed by atoms with Gasteiger partial charge in [-0.05, 0) is 86.4 Å². The number of rotatable bonds is 5. The molecule has 0 aromatic heterocycles. The van der Waals surface area contributed by atoms with Crippen LogP contribution in [-0.4, -0.2) is 15.3 Å². The zero-order chi connectivity index (χ0) is 22.9. The Balaban J connectivity index is 1.92. The highest BCUT2D eigenvalue weighted by atomic mass is 32.2. The summed E-state index contributed by atoms with van der Waals surface area (Å²) in [6.45, 7) is 6.74. The van der Waals surface area contributed by atoms with Gasteiger partial charge in [0.05, 0.1) is 21.1 Å². The molecule has 0 aliphatic heterocycles. The highest BCUT2D eigenvalue weighted by Gasteiger charge is 2.26. The van der Waals surface area contributed by atoms with Crippen LogP contribution < -0.4 is 5.32 Å². The smallest absolute Gasteiger partial charge is 0.353 e. The second kappa shape index (κ2) is 9.04. The van der Waals surface area contributed by atoms with Crippen LogP contribution in [0.4, 0.5) is 19.3 Å².